The third kappa shape index (κ3) is 5.81. The van der Waals surface area contributed by atoms with E-state index < -0.39 is 10.0 Å². The first-order valence-corrected chi connectivity index (χ1v) is 16.6. The summed E-state index contributed by atoms with van der Waals surface area (Å²) in [5, 5.41) is 2.37. The molecule has 1 aliphatic carbocycles. The second-order valence-electron chi connectivity index (χ2n) is 13.2. The van der Waals surface area contributed by atoms with Crippen LogP contribution >= 0.6 is 0 Å². The zero-order chi connectivity index (χ0) is 25.4. The maximum absolute atomic E-state index is 13.7. The van der Waals surface area contributed by atoms with Gasteiger partial charge in [-0.3, -0.25) is 10.2 Å². The van der Waals surface area contributed by atoms with Gasteiger partial charge in [0.05, 0.1) is 11.7 Å². The van der Waals surface area contributed by atoms with Crippen molar-refractivity contribution in [2.45, 2.75) is 97.1 Å². The lowest BCUT2D eigenvalue weighted by Gasteiger charge is -2.43. The van der Waals surface area contributed by atoms with Gasteiger partial charge in [-0.2, -0.15) is 0 Å². The van der Waals surface area contributed by atoms with E-state index in [1.54, 1.807) is 4.31 Å². The van der Waals surface area contributed by atoms with Gasteiger partial charge >= 0.3 is 0 Å². The summed E-state index contributed by atoms with van der Waals surface area (Å²) in [4.78, 5) is 15.9. The van der Waals surface area contributed by atoms with E-state index in [1.807, 2.05) is 0 Å². The fourth-order valence-corrected chi connectivity index (χ4v) is 10.4. The van der Waals surface area contributed by atoms with Gasteiger partial charge in [-0.25, -0.2) is 17.7 Å². The highest BCUT2D eigenvalue weighted by Gasteiger charge is 2.49. The number of amides is 1. The van der Waals surface area contributed by atoms with E-state index >= 15 is 0 Å². The number of carbonyl (C=O) groups is 1. The molecular formula is C28H50N4O3S. The van der Waals surface area contributed by atoms with Gasteiger partial charge in [0.15, 0.2) is 0 Å². The average Bonchev–Trinajstić information content (AvgIpc) is 3.18. The van der Waals surface area contributed by atoms with Gasteiger partial charge in [-0.05, 0) is 81.5 Å². The van der Waals surface area contributed by atoms with E-state index in [4.69, 9.17) is 0 Å². The van der Waals surface area contributed by atoms with Crippen molar-refractivity contribution in [3.05, 3.63) is 0 Å². The Morgan fingerprint density at radius 2 is 1.47 bits per heavy atom. The second kappa shape index (κ2) is 11.2. The Balaban J connectivity index is 1.17. The maximum atomic E-state index is 13.7. The molecule has 7 nitrogen and oxygen atoms in total. The Labute approximate surface area is 219 Å². The summed E-state index contributed by atoms with van der Waals surface area (Å²) in [6, 6.07) is 0.451. The number of nitrogens with one attached hydrogen (secondary N) is 1. The number of sulfonamides is 1. The zero-order valence-corrected chi connectivity index (χ0v) is 23.7. The number of nitrogens with zero attached hydrogens (tertiary/aromatic N) is 3. The normalized spacial score (nSPS) is 38.2. The highest BCUT2D eigenvalue weighted by atomic mass is 32.2. The van der Waals surface area contributed by atoms with Crippen molar-refractivity contribution in [2.75, 3.05) is 38.5 Å². The van der Waals surface area contributed by atoms with E-state index in [-0.39, 0.29) is 18.0 Å². The quantitative estimate of drug-likeness (QED) is 0.596. The highest BCUT2D eigenvalue weighted by Crippen LogP contribution is 2.41. The summed E-state index contributed by atoms with van der Waals surface area (Å²) in [6.45, 7) is 10.9. The van der Waals surface area contributed by atoms with Crippen molar-refractivity contribution in [1.82, 2.24) is 19.6 Å². The first-order valence-electron chi connectivity index (χ1n) is 15.0. The molecule has 0 radical (unpaired) electrons. The number of hydrogen-bond donors (Lipinski definition) is 1. The summed E-state index contributed by atoms with van der Waals surface area (Å²) in [5.41, 5.74) is 3.64. The molecule has 206 valence electrons. The minimum Gasteiger partial charge on any atom is -0.342 e. The van der Waals surface area contributed by atoms with Gasteiger partial charge in [0.25, 0.3) is 0 Å². The summed E-state index contributed by atoms with van der Waals surface area (Å²) in [5.74, 6) is 3.44. The first-order chi connectivity index (χ1) is 17.2. The number of piperidine rings is 3. The van der Waals surface area contributed by atoms with Crippen LogP contribution in [0.15, 0.2) is 0 Å². The molecule has 0 spiro atoms. The van der Waals surface area contributed by atoms with Crippen molar-refractivity contribution in [2.24, 2.45) is 35.5 Å². The largest absolute Gasteiger partial charge is 0.342 e. The Kier molecular flexibility index (Phi) is 8.36. The molecule has 0 bridgehead atoms. The van der Waals surface area contributed by atoms with Crippen LogP contribution in [0.3, 0.4) is 0 Å². The fraction of sp³-hybridized carbons (Fsp3) is 0.964. The van der Waals surface area contributed by atoms with Crippen LogP contribution in [0, 0.1) is 35.5 Å². The van der Waals surface area contributed by atoms with Gasteiger partial charge in [-0.1, -0.05) is 33.1 Å². The lowest BCUT2D eigenvalue weighted by Crippen LogP contribution is -2.52. The Hall–Kier alpha value is -0.700. The van der Waals surface area contributed by atoms with Crippen molar-refractivity contribution >= 4 is 15.9 Å². The molecule has 1 saturated carbocycles. The third-order valence-corrected chi connectivity index (χ3v) is 12.2. The van der Waals surface area contributed by atoms with E-state index in [1.165, 1.54) is 25.7 Å². The molecule has 36 heavy (non-hydrogen) atoms. The molecule has 5 rings (SSSR count). The maximum Gasteiger partial charge on any atom is 0.228 e. The summed E-state index contributed by atoms with van der Waals surface area (Å²) in [6.07, 6.45) is 11.2. The molecule has 0 aromatic rings. The topological polar surface area (TPSA) is 73.0 Å². The second-order valence-corrected chi connectivity index (χ2v) is 15.2. The molecule has 5 aliphatic rings. The van der Waals surface area contributed by atoms with Crippen molar-refractivity contribution in [3.8, 4) is 0 Å². The SMILES string of the molecule is CC1CC(C)CN(C(=O)C2C(C)NN3CCC(C4CCN(S(=O)(=O)CC5CCCCC5)CC4)CC23)C1. The molecular weight excluding hydrogens is 472 g/mol. The molecule has 0 aromatic carbocycles. The van der Waals surface area contributed by atoms with Crippen LogP contribution < -0.4 is 5.43 Å². The van der Waals surface area contributed by atoms with Crippen LogP contribution in [-0.2, 0) is 14.8 Å². The van der Waals surface area contributed by atoms with Crippen molar-refractivity contribution in [3.63, 3.8) is 0 Å². The molecule has 5 fully saturated rings. The van der Waals surface area contributed by atoms with Gasteiger partial charge < -0.3 is 4.90 Å². The van der Waals surface area contributed by atoms with E-state index in [0.717, 1.165) is 58.2 Å². The van der Waals surface area contributed by atoms with Gasteiger partial charge in [0.1, 0.15) is 0 Å². The summed E-state index contributed by atoms with van der Waals surface area (Å²) >= 11 is 0. The molecule has 4 saturated heterocycles. The number of hydrazine groups is 1. The number of fused-ring (bicyclic) bond motifs is 1. The predicted molar refractivity (Wildman–Crippen MR) is 143 cm³/mol. The van der Waals surface area contributed by atoms with E-state index in [0.29, 0.717) is 54.3 Å². The first kappa shape index (κ1) is 26.9. The number of rotatable bonds is 5. The van der Waals surface area contributed by atoms with Crippen molar-refractivity contribution in [1.29, 1.82) is 0 Å². The van der Waals surface area contributed by atoms with Crippen molar-refractivity contribution < 1.29 is 13.2 Å². The number of carbonyl (C=O) groups excluding carboxylic acids is 1. The number of likely N-dealkylation sites (tertiary alicyclic amines) is 1. The van der Waals surface area contributed by atoms with Gasteiger partial charge in [0.2, 0.25) is 15.9 Å². The average molecular weight is 523 g/mol. The van der Waals surface area contributed by atoms with Crippen LogP contribution in [0.4, 0.5) is 0 Å². The molecule has 8 heteroatoms. The standard InChI is InChI=1S/C28H50N4O3S/c1-20-15-21(2)18-30(17-20)28(33)27-22(3)29-32-14-11-25(16-26(27)32)24-9-12-31(13-10-24)36(34,35)19-23-7-5-4-6-8-23/h20-27,29H,4-19H2,1-3H3. The Morgan fingerprint density at radius 1 is 0.833 bits per heavy atom. The van der Waals surface area contributed by atoms with Crippen LogP contribution in [0.2, 0.25) is 0 Å². The van der Waals surface area contributed by atoms with Crippen LogP contribution in [0.1, 0.15) is 85.0 Å². The third-order valence-electron chi connectivity index (χ3n) is 10.2. The molecule has 6 atom stereocenters. The molecule has 1 amide bonds. The van der Waals surface area contributed by atoms with E-state index in [2.05, 4.69) is 36.1 Å². The molecule has 6 unspecified atom stereocenters. The lowest BCUT2D eigenvalue weighted by molar-refractivity contribution is -0.140. The molecule has 4 aliphatic heterocycles. The molecule has 4 heterocycles. The summed E-state index contributed by atoms with van der Waals surface area (Å²) < 4.78 is 28.0. The van der Waals surface area contributed by atoms with Crippen LogP contribution in [0.25, 0.3) is 0 Å². The lowest BCUT2D eigenvalue weighted by atomic mass is 9.74. The van der Waals surface area contributed by atoms with Crippen LogP contribution in [0.5, 0.6) is 0 Å². The predicted octanol–water partition coefficient (Wildman–Crippen LogP) is 3.72. The monoisotopic (exact) mass is 522 g/mol. The smallest absolute Gasteiger partial charge is 0.228 e. The zero-order valence-electron chi connectivity index (χ0n) is 22.9. The molecule has 1 N–H and O–H groups in total. The minimum atomic E-state index is -3.14. The van der Waals surface area contributed by atoms with Gasteiger partial charge in [0, 0.05) is 44.8 Å². The fourth-order valence-electron chi connectivity index (χ4n) is 8.44. The Bertz CT molecular complexity index is 858. The summed E-state index contributed by atoms with van der Waals surface area (Å²) in [7, 11) is -3.14. The Morgan fingerprint density at radius 3 is 2.14 bits per heavy atom. The minimum absolute atomic E-state index is 0.0289. The van der Waals surface area contributed by atoms with E-state index in [9.17, 15) is 13.2 Å². The number of hydrogen-bond acceptors (Lipinski definition) is 5. The van der Waals surface area contributed by atoms with Gasteiger partial charge in [-0.15, -0.1) is 0 Å². The molecule has 0 aromatic heterocycles. The van der Waals surface area contributed by atoms with Crippen LogP contribution in [-0.4, -0.2) is 79.1 Å². The highest BCUT2D eigenvalue weighted by molar-refractivity contribution is 7.89.